The number of carboxylic acid groups (broad SMARTS) is 1. The molecule has 0 unspecified atom stereocenters. The van der Waals surface area contributed by atoms with E-state index in [2.05, 4.69) is 0 Å². The zero-order valence-electron chi connectivity index (χ0n) is 10.8. The van der Waals surface area contributed by atoms with Gasteiger partial charge < -0.3 is 10.0 Å². The number of thiophene rings is 1. The molecule has 4 nitrogen and oxygen atoms in total. The van der Waals surface area contributed by atoms with Crippen LogP contribution in [0.3, 0.4) is 0 Å². The molecule has 0 radical (unpaired) electrons. The third-order valence-electron chi connectivity index (χ3n) is 2.97. The van der Waals surface area contributed by atoms with Gasteiger partial charge in [-0.2, -0.15) is 0 Å². The number of hydrogen-bond acceptors (Lipinski definition) is 3. The summed E-state index contributed by atoms with van der Waals surface area (Å²) in [5, 5.41) is 11.4. The zero-order chi connectivity index (χ0) is 14.0. The SMILES string of the molecule is Cc1ccc2c(C(=O)N(C)CCC(=O)O)csc2c1. The van der Waals surface area contributed by atoms with E-state index in [0.717, 1.165) is 15.6 Å². The maximum Gasteiger partial charge on any atom is 0.305 e. The van der Waals surface area contributed by atoms with Crippen molar-refractivity contribution >= 4 is 33.3 Å². The molecule has 1 N–H and O–H groups in total. The Bertz CT molecular complexity index is 633. The van der Waals surface area contributed by atoms with Crippen molar-refractivity contribution in [2.75, 3.05) is 13.6 Å². The molecular formula is C14H15NO3S. The Morgan fingerprint density at radius 3 is 2.79 bits per heavy atom. The highest BCUT2D eigenvalue weighted by Crippen LogP contribution is 2.27. The van der Waals surface area contributed by atoms with Crippen LogP contribution in [0.1, 0.15) is 22.3 Å². The van der Waals surface area contributed by atoms with Gasteiger partial charge in [-0.25, -0.2) is 0 Å². The number of nitrogens with zero attached hydrogens (tertiary/aromatic N) is 1. The smallest absolute Gasteiger partial charge is 0.305 e. The van der Waals surface area contributed by atoms with Gasteiger partial charge in [0.05, 0.1) is 12.0 Å². The summed E-state index contributed by atoms with van der Waals surface area (Å²) >= 11 is 1.53. The Morgan fingerprint density at radius 1 is 1.37 bits per heavy atom. The van der Waals surface area contributed by atoms with Gasteiger partial charge >= 0.3 is 5.97 Å². The van der Waals surface area contributed by atoms with Crippen LogP contribution >= 0.6 is 11.3 Å². The summed E-state index contributed by atoms with van der Waals surface area (Å²) in [6.45, 7) is 2.23. The van der Waals surface area contributed by atoms with Crippen LogP contribution in [-0.4, -0.2) is 35.5 Å². The van der Waals surface area contributed by atoms with Crippen LogP contribution in [0.15, 0.2) is 23.6 Å². The fourth-order valence-electron chi connectivity index (χ4n) is 1.87. The van der Waals surface area contributed by atoms with E-state index in [9.17, 15) is 9.59 Å². The van der Waals surface area contributed by atoms with Crippen molar-refractivity contribution in [3.05, 3.63) is 34.7 Å². The molecule has 0 fully saturated rings. The van der Waals surface area contributed by atoms with Crippen LogP contribution in [0.2, 0.25) is 0 Å². The van der Waals surface area contributed by atoms with E-state index >= 15 is 0 Å². The number of carbonyl (C=O) groups excluding carboxylic acids is 1. The molecule has 100 valence electrons. The Kier molecular flexibility index (Phi) is 3.85. The van der Waals surface area contributed by atoms with Gasteiger partial charge in [0, 0.05) is 29.1 Å². The molecule has 1 aromatic carbocycles. The maximum absolute atomic E-state index is 12.3. The summed E-state index contributed by atoms with van der Waals surface area (Å²) in [5.74, 6) is -1.03. The summed E-state index contributed by atoms with van der Waals surface area (Å²) < 4.78 is 1.08. The Labute approximate surface area is 115 Å². The van der Waals surface area contributed by atoms with Crippen molar-refractivity contribution in [2.45, 2.75) is 13.3 Å². The van der Waals surface area contributed by atoms with Crippen LogP contribution in [0.25, 0.3) is 10.1 Å². The van der Waals surface area contributed by atoms with E-state index in [0.29, 0.717) is 5.56 Å². The second kappa shape index (κ2) is 5.40. The molecule has 19 heavy (non-hydrogen) atoms. The molecule has 1 aromatic heterocycles. The van der Waals surface area contributed by atoms with Crippen LogP contribution < -0.4 is 0 Å². The summed E-state index contributed by atoms with van der Waals surface area (Å²) in [4.78, 5) is 24.2. The van der Waals surface area contributed by atoms with Crippen molar-refractivity contribution in [1.29, 1.82) is 0 Å². The number of carboxylic acids is 1. The first-order valence-corrected chi connectivity index (χ1v) is 6.82. The predicted molar refractivity (Wildman–Crippen MR) is 75.8 cm³/mol. The monoisotopic (exact) mass is 277 g/mol. The Balaban J connectivity index is 2.24. The molecule has 0 bridgehead atoms. The molecule has 0 saturated carbocycles. The van der Waals surface area contributed by atoms with Gasteiger partial charge in [0.1, 0.15) is 0 Å². The number of carbonyl (C=O) groups is 2. The average molecular weight is 277 g/mol. The van der Waals surface area contributed by atoms with Gasteiger partial charge in [-0.3, -0.25) is 9.59 Å². The highest BCUT2D eigenvalue weighted by Gasteiger charge is 2.16. The molecule has 1 amide bonds. The van der Waals surface area contributed by atoms with Crippen molar-refractivity contribution in [1.82, 2.24) is 4.90 Å². The van der Waals surface area contributed by atoms with Gasteiger partial charge in [-0.1, -0.05) is 12.1 Å². The first-order chi connectivity index (χ1) is 8.99. The number of hydrogen-bond donors (Lipinski definition) is 1. The summed E-state index contributed by atoms with van der Waals surface area (Å²) in [7, 11) is 1.63. The molecule has 0 aliphatic rings. The summed E-state index contributed by atoms with van der Waals surface area (Å²) in [6, 6.07) is 5.97. The van der Waals surface area contributed by atoms with Gasteiger partial charge in [0.15, 0.2) is 0 Å². The molecule has 2 aromatic rings. The van der Waals surface area contributed by atoms with E-state index in [1.807, 2.05) is 30.5 Å². The average Bonchev–Trinajstić information content (AvgIpc) is 2.77. The second-order valence-corrected chi connectivity index (χ2v) is 5.43. The molecule has 0 aliphatic heterocycles. The molecule has 0 spiro atoms. The van der Waals surface area contributed by atoms with E-state index in [1.54, 1.807) is 7.05 Å². The lowest BCUT2D eigenvalue weighted by atomic mass is 10.1. The highest BCUT2D eigenvalue weighted by molar-refractivity contribution is 7.17. The fraction of sp³-hybridized carbons (Fsp3) is 0.286. The largest absolute Gasteiger partial charge is 0.481 e. The van der Waals surface area contributed by atoms with Crippen molar-refractivity contribution in [3.8, 4) is 0 Å². The minimum atomic E-state index is -0.898. The molecule has 5 heteroatoms. The molecule has 0 atom stereocenters. The van der Waals surface area contributed by atoms with Crippen molar-refractivity contribution < 1.29 is 14.7 Å². The molecule has 0 saturated heterocycles. The number of aliphatic carboxylic acids is 1. The van der Waals surface area contributed by atoms with Crippen LogP contribution in [0.4, 0.5) is 0 Å². The van der Waals surface area contributed by atoms with E-state index in [4.69, 9.17) is 5.11 Å². The standard InChI is InChI=1S/C14H15NO3S/c1-9-3-4-10-11(8-19-12(10)7-9)14(18)15(2)6-5-13(16)17/h3-4,7-8H,5-6H2,1-2H3,(H,16,17). The minimum absolute atomic E-state index is 0.0383. The quantitative estimate of drug-likeness (QED) is 0.935. The van der Waals surface area contributed by atoms with Crippen LogP contribution in [-0.2, 0) is 4.79 Å². The molecule has 0 aliphatic carbocycles. The third kappa shape index (κ3) is 2.93. The lowest BCUT2D eigenvalue weighted by Crippen LogP contribution is -2.28. The Morgan fingerprint density at radius 2 is 2.11 bits per heavy atom. The number of fused-ring (bicyclic) bond motifs is 1. The lowest BCUT2D eigenvalue weighted by molar-refractivity contribution is -0.137. The lowest BCUT2D eigenvalue weighted by Gasteiger charge is -2.15. The van der Waals surface area contributed by atoms with Gasteiger partial charge in [-0.05, 0) is 18.6 Å². The fourth-order valence-corrected chi connectivity index (χ4v) is 2.90. The van der Waals surface area contributed by atoms with Gasteiger partial charge in [0.25, 0.3) is 5.91 Å². The topological polar surface area (TPSA) is 57.6 Å². The zero-order valence-corrected chi connectivity index (χ0v) is 11.7. The Hall–Kier alpha value is -1.88. The van der Waals surface area contributed by atoms with Crippen molar-refractivity contribution in [2.24, 2.45) is 0 Å². The summed E-state index contributed by atoms with van der Waals surface area (Å²) in [6.07, 6.45) is -0.0383. The first kappa shape index (κ1) is 13.5. The highest BCUT2D eigenvalue weighted by atomic mass is 32.1. The number of amides is 1. The third-order valence-corrected chi connectivity index (χ3v) is 3.91. The molecular weight excluding hydrogens is 262 g/mol. The predicted octanol–water partition coefficient (Wildman–Crippen LogP) is 2.76. The molecule has 2 rings (SSSR count). The number of aryl methyl sites for hydroxylation is 1. The minimum Gasteiger partial charge on any atom is -0.481 e. The van der Waals surface area contributed by atoms with E-state index < -0.39 is 5.97 Å². The van der Waals surface area contributed by atoms with E-state index in [-0.39, 0.29) is 18.9 Å². The summed E-state index contributed by atoms with van der Waals surface area (Å²) in [5.41, 5.74) is 1.81. The van der Waals surface area contributed by atoms with Gasteiger partial charge in [0.2, 0.25) is 0 Å². The first-order valence-electron chi connectivity index (χ1n) is 5.94. The normalized spacial score (nSPS) is 10.6. The number of benzene rings is 1. The molecule has 1 heterocycles. The van der Waals surface area contributed by atoms with Crippen LogP contribution in [0.5, 0.6) is 0 Å². The van der Waals surface area contributed by atoms with E-state index in [1.165, 1.54) is 16.2 Å². The van der Waals surface area contributed by atoms with Crippen LogP contribution in [0, 0.1) is 6.92 Å². The maximum atomic E-state index is 12.3. The van der Waals surface area contributed by atoms with Crippen molar-refractivity contribution in [3.63, 3.8) is 0 Å². The number of rotatable bonds is 4. The van der Waals surface area contributed by atoms with Gasteiger partial charge in [-0.15, -0.1) is 11.3 Å². The second-order valence-electron chi connectivity index (χ2n) is 4.52.